The number of nitrogens with zero attached hydrogens (tertiary/aromatic N) is 1. The molecule has 1 amide bonds. The number of hydrogen-bond donors (Lipinski definition) is 2. The van der Waals surface area contributed by atoms with Gasteiger partial charge in [-0.2, -0.15) is 0 Å². The van der Waals surface area contributed by atoms with Crippen molar-refractivity contribution in [1.82, 2.24) is 4.90 Å². The summed E-state index contributed by atoms with van der Waals surface area (Å²) in [6.45, 7) is 1.27. The fourth-order valence-electron chi connectivity index (χ4n) is 2.24. The molecule has 18 heavy (non-hydrogen) atoms. The number of aliphatic hydroxyl groups excluding tert-OH is 1. The molecule has 1 atom stereocenters. The Morgan fingerprint density at radius 1 is 1.56 bits per heavy atom. The summed E-state index contributed by atoms with van der Waals surface area (Å²) < 4.78 is 13.3. The lowest BCUT2D eigenvalue weighted by Gasteiger charge is -2.31. The molecule has 0 bridgehead atoms. The lowest BCUT2D eigenvalue weighted by molar-refractivity contribution is 0.0620. The summed E-state index contributed by atoms with van der Waals surface area (Å²) >= 11 is 0. The van der Waals surface area contributed by atoms with E-state index in [1.165, 1.54) is 18.2 Å². The Kier molecular flexibility index (Phi) is 3.81. The Morgan fingerprint density at radius 2 is 2.33 bits per heavy atom. The summed E-state index contributed by atoms with van der Waals surface area (Å²) in [5.41, 5.74) is 5.72. The van der Waals surface area contributed by atoms with E-state index < -0.39 is 5.82 Å². The van der Waals surface area contributed by atoms with Crippen LogP contribution in [0.25, 0.3) is 0 Å². The number of hydrogen-bond acceptors (Lipinski definition) is 3. The first-order valence-electron chi connectivity index (χ1n) is 6.07. The van der Waals surface area contributed by atoms with Gasteiger partial charge in [-0.3, -0.25) is 4.79 Å². The van der Waals surface area contributed by atoms with Gasteiger partial charge in [0.2, 0.25) is 0 Å². The summed E-state index contributed by atoms with van der Waals surface area (Å²) in [7, 11) is 0. The van der Waals surface area contributed by atoms with Crippen LogP contribution in [0.3, 0.4) is 0 Å². The number of benzene rings is 1. The predicted molar refractivity (Wildman–Crippen MR) is 66.5 cm³/mol. The number of likely N-dealkylation sites (tertiary alicyclic amines) is 1. The van der Waals surface area contributed by atoms with Gasteiger partial charge in [0.05, 0.1) is 5.69 Å². The van der Waals surface area contributed by atoms with Crippen molar-refractivity contribution in [1.29, 1.82) is 0 Å². The first kappa shape index (κ1) is 12.8. The molecule has 5 heteroatoms. The number of nitrogen functional groups attached to an aromatic ring is 1. The zero-order valence-corrected chi connectivity index (χ0v) is 10.1. The lowest BCUT2D eigenvalue weighted by atomic mass is 9.98. The van der Waals surface area contributed by atoms with E-state index in [1.807, 2.05) is 0 Å². The lowest BCUT2D eigenvalue weighted by Crippen LogP contribution is -2.40. The van der Waals surface area contributed by atoms with E-state index in [0.717, 1.165) is 12.8 Å². The summed E-state index contributed by atoms with van der Waals surface area (Å²) in [4.78, 5) is 13.8. The van der Waals surface area contributed by atoms with Gasteiger partial charge in [-0.05, 0) is 37.0 Å². The molecule has 1 unspecified atom stereocenters. The van der Waals surface area contributed by atoms with Crippen LogP contribution in [0.4, 0.5) is 10.1 Å². The molecule has 2 rings (SSSR count). The summed E-state index contributed by atoms with van der Waals surface area (Å²) in [6.07, 6.45) is 1.80. The molecule has 0 radical (unpaired) electrons. The van der Waals surface area contributed by atoms with Crippen molar-refractivity contribution in [2.75, 3.05) is 25.4 Å². The van der Waals surface area contributed by atoms with E-state index >= 15 is 0 Å². The highest BCUT2D eigenvalue weighted by Crippen LogP contribution is 2.19. The Balaban J connectivity index is 2.12. The molecule has 0 saturated carbocycles. The van der Waals surface area contributed by atoms with E-state index in [1.54, 1.807) is 4.90 Å². The van der Waals surface area contributed by atoms with Gasteiger partial charge in [0, 0.05) is 25.3 Å². The number of halogens is 1. The molecule has 1 aromatic rings. The molecule has 0 spiro atoms. The van der Waals surface area contributed by atoms with E-state index in [9.17, 15) is 9.18 Å². The molecule has 0 aliphatic carbocycles. The third-order valence-electron chi connectivity index (χ3n) is 3.31. The second-order valence-electron chi connectivity index (χ2n) is 4.68. The number of rotatable bonds is 2. The van der Waals surface area contributed by atoms with Gasteiger partial charge >= 0.3 is 0 Å². The Morgan fingerprint density at radius 3 is 3.00 bits per heavy atom. The van der Waals surface area contributed by atoms with Gasteiger partial charge in [-0.15, -0.1) is 0 Å². The maximum atomic E-state index is 13.3. The molecule has 1 aliphatic heterocycles. The van der Waals surface area contributed by atoms with Gasteiger partial charge in [-0.25, -0.2) is 4.39 Å². The van der Waals surface area contributed by atoms with Gasteiger partial charge in [0.25, 0.3) is 5.91 Å². The van der Waals surface area contributed by atoms with Crippen molar-refractivity contribution < 1.29 is 14.3 Å². The predicted octanol–water partition coefficient (Wildman–Crippen LogP) is 1.25. The Hall–Kier alpha value is -1.62. The molecule has 0 aromatic heterocycles. The number of amides is 1. The van der Waals surface area contributed by atoms with Crippen LogP contribution < -0.4 is 5.73 Å². The minimum Gasteiger partial charge on any atom is -0.396 e. The minimum atomic E-state index is -0.573. The second kappa shape index (κ2) is 5.35. The number of carbonyl (C=O) groups excluding carboxylic acids is 1. The topological polar surface area (TPSA) is 66.6 Å². The number of anilines is 1. The smallest absolute Gasteiger partial charge is 0.253 e. The molecule has 1 saturated heterocycles. The summed E-state index contributed by atoms with van der Waals surface area (Å²) in [6, 6.07) is 4.10. The number of carbonyl (C=O) groups is 1. The quantitative estimate of drug-likeness (QED) is 0.778. The third-order valence-corrected chi connectivity index (χ3v) is 3.31. The number of nitrogens with two attached hydrogens (primary N) is 1. The molecule has 1 heterocycles. The van der Waals surface area contributed by atoms with Gasteiger partial charge in [0.1, 0.15) is 5.82 Å². The fourth-order valence-corrected chi connectivity index (χ4v) is 2.24. The van der Waals surface area contributed by atoms with Crippen molar-refractivity contribution >= 4 is 11.6 Å². The SMILES string of the molecule is Nc1ccc(C(=O)N2CCCC(CO)C2)cc1F. The molecular formula is C13H17FN2O2. The molecule has 1 aromatic carbocycles. The van der Waals surface area contributed by atoms with E-state index in [0.29, 0.717) is 18.7 Å². The van der Waals surface area contributed by atoms with Gasteiger partial charge in [0.15, 0.2) is 0 Å². The maximum absolute atomic E-state index is 13.3. The van der Waals surface area contributed by atoms with E-state index in [2.05, 4.69) is 0 Å². The van der Waals surface area contributed by atoms with Crippen LogP contribution >= 0.6 is 0 Å². The van der Waals surface area contributed by atoms with Crippen molar-refractivity contribution in [3.05, 3.63) is 29.6 Å². The highest BCUT2D eigenvalue weighted by molar-refractivity contribution is 5.94. The summed E-state index contributed by atoms with van der Waals surface area (Å²) in [5, 5.41) is 9.13. The van der Waals surface area contributed by atoms with Gasteiger partial charge in [-0.1, -0.05) is 0 Å². The zero-order valence-electron chi connectivity index (χ0n) is 10.1. The van der Waals surface area contributed by atoms with Crippen molar-refractivity contribution in [2.24, 2.45) is 5.92 Å². The van der Waals surface area contributed by atoms with E-state index in [4.69, 9.17) is 10.8 Å². The van der Waals surface area contributed by atoms with Gasteiger partial charge < -0.3 is 15.7 Å². The molecule has 4 nitrogen and oxygen atoms in total. The average Bonchev–Trinajstić information content (AvgIpc) is 2.41. The van der Waals surface area contributed by atoms with Crippen molar-refractivity contribution in [3.63, 3.8) is 0 Å². The first-order valence-corrected chi connectivity index (χ1v) is 6.07. The van der Waals surface area contributed by atoms with Crippen LogP contribution in [0.2, 0.25) is 0 Å². The Labute approximate surface area is 105 Å². The summed E-state index contributed by atoms with van der Waals surface area (Å²) in [5.74, 6) is -0.648. The molecule has 98 valence electrons. The van der Waals surface area contributed by atoms with Crippen LogP contribution in [0.5, 0.6) is 0 Å². The number of piperidine rings is 1. The monoisotopic (exact) mass is 252 g/mol. The largest absolute Gasteiger partial charge is 0.396 e. The van der Waals surface area contributed by atoms with Crippen molar-refractivity contribution in [3.8, 4) is 0 Å². The molecule has 3 N–H and O–H groups in total. The minimum absolute atomic E-state index is 0.0402. The Bertz CT molecular complexity index is 451. The maximum Gasteiger partial charge on any atom is 0.253 e. The molecular weight excluding hydrogens is 235 g/mol. The van der Waals surface area contributed by atoms with Crippen LogP contribution in [0.1, 0.15) is 23.2 Å². The highest BCUT2D eigenvalue weighted by atomic mass is 19.1. The molecule has 1 fully saturated rings. The van der Waals surface area contributed by atoms with Crippen LogP contribution in [-0.2, 0) is 0 Å². The zero-order chi connectivity index (χ0) is 13.1. The third kappa shape index (κ3) is 2.61. The van der Waals surface area contributed by atoms with Crippen LogP contribution in [0, 0.1) is 11.7 Å². The highest BCUT2D eigenvalue weighted by Gasteiger charge is 2.24. The first-order chi connectivity index (χ1) is 8.61. The molecule has 1 aliphatic rings. The standard InChI is InChI=1S/C13H17FN2O2/c14-11-6-10(3-4-12(11)15)13(18)16-5-1-2-9(7-16)8-17/h3-4,6,9,17H,1-2,5,7-8,15H2. The average molecular weight is 252 g/mol. The van der Waals surface area contributed by atoms with Crippen LogP contribution in [0.15, 0.2) is 18.2 Å². The fraction of sp³-hybridized carbons (Fsp3) is 0.462. The number of aliphatic hydroxyl groups is 1. The van der Waals surface area contributed by atoms with Crippen molar-refractivity contribution in [2.45, 2.75) is 12.8 Å². The van der Waals surface area contributed by atoms with Crippen LogP contribution in [-0.4, -0.2) is 35.6 Å². The van der Waals surface area contributed by atoms with E-state index in [-0.39, 0.29) is 24.1 Å². The normalized spacial score (nSPS) is 19.9. The second-order valence-corrected chi connectivity index (χ2v) is 4.68.